The van der Waals surface area contributed by atoms with Gasteiger partial charge < -0.3 is 0 Å². The van der Waals surface area contributed by atoms with Crippen molar-refractivity contribution in [2.45, 2.75) is 4.90 Å². The Labute approximate surface area is 114 Å². The van der Waals surface area contributed by atoms with Crippen molar-refractivity contribution in [3.63, 3.8) is 0 Å². The van der Waals surface area contributed by atoms with Crippen LogP contribution in [-0.4, -0.2) is 26.9 Å². The molecule has 0 aliphatic heterocycles. The van der Waals surface area contributed by atoms with Crippen LogP contribution in [-0.2, 0) is 10.0 Å². The molecular weight excluding hydrogens is 291 g/mol. The van der Waals surface area contributed by atoms with Gasteiger partial charge in [-0.1, -0.05) is 11.8 Å². The normalized spacial score (nSPS) is 12.0. The Morgan fingerprint density at radius 1 is 1.53 bits per heavy atom. The number of nitrogens with zero attached hydrogens (tertiary/aromatic N) is 2. The van der Waals surface area contributed by atoms with E-state index in [4.69, 9.17) is 5.26 Å². The Morgan fingerprint density at radius 3 is 2.74 bits per heavy atom. The van der Waals surface area contributed by atoms with Crippen molar-refractivity contribution in [1.82, 2.24) is 10.0 Å². The molecule has 0 aliphatic rings. The van der Waals surface area contributed by atoms with Gasteiger partial charge in [-0.15, -0.1) is 0 Å². The topological polar surface area (TPSA) is 94.3 Å². The second-order valence-electron chi connectivity index (χ2n) is 3.18. The van der Waals surface area contributed by atoms with Gasteiger partial charge in [0.15, 0.2) is 11.4 Å². The van der Waals surface area contributed by atoms with Gasteiger partial charge in [-0.3, -0.25) is 5.32 Å². The second-order valence-corrected chi connectivity index (χ2v) is 5.86. The monoisotopic (exact) mass is 302 g/mol. The van der Waals surface area contributed by atoms with Gasteiger partial charge in [-0.05, 0) is 31.5 Å². The van der Waals surface area contributed by atoms with Crippen LogP contribution in [0.4, 0.5) is 10.1 Å². The van der Waals surface area contributed by atoms with E-state index in [1.54, 1.807) is 12.4 Å². The molecule has 0 saturated carbocycles. The third-order valence-corrected chi connectivity index (χ3v) is 4.07. The molecule has 19 heavy (non-hydrogen) atoms. The molecule has 102 valence electrons. The van der Waals surface area contributed by atoms with Crippen molar-refractivity contribution in [2.75, 3.05) is 13.3 Å². The van der Waals surface area contributed by atoms with Gasteiger partial charge in [-0.25, -0.2) is 22.5 Å². The van der Waals surface area contributed by atoms with Crippen LogP contribution in [0.15, 0.2) is 28.1 Å². The third kappa shape index (κ3) is 3.92. The Bertz CT molecular complexity index is 637. The first kappa shape index (κ1) is 15.4. The number of amidine groups is 1. The fourth-order valence-corrected chi connectivity index (χ4v) is 2.23. The number of hydrogen-bond donors (Lipinski definition) is 2. The fraction of sp³-hybridized carbons (Fsp3) is 0.200. The van der Waals surface area contributed by atoms with E-state index in [0.29, 0.717) is 0 Å². The standard InChI is InChI=1S/C10H11FN4O2S2/c1-13-19(16,17)7-3-4-8(11)9(5-7)15-10(18-2)14-6-12/h3-5,13H,1-2H3,(H,14,15). The van der Waals surface area contributed by atoms with Gasteiger partial charge in [-0.2, -0.15) is 5.26 Å². The van der Waals surface area contributed by atoms with E-state index in [1.807, 2.05) is 0 Å². The maximum absolute atomic E-state index is 13.6. The summed E-state index contributed by atoms with van der Waals surface area (Å²) < 4.78 is 38.9. The zero-order chi connectivity index (χ0) is 14.5. The van der Waals surface area contributed by atoms with E-state index in [-0.39, 0.29) is 15.8 Å². The summed E-state index contributed by atoms with van der Waals surface area (Å²) in [5, 5.41) is 10.9. The molecule has 0 aliphatic carbocycles. The number of rotatable bonds is 3. The Balaban J connectivity index is 3.30. The molecule has 9 heteroatoms. The molecule has 1 rings (SSSR count). The summed E-state index contributed by atoms with van der Waals surface area (Å²) in [6.07, 6.45) is 3.31. The lowest BCUT2D eigenvalue weighted by molar-refractivity contribution is 0.587. The molecule has 6 nitrogen and oxygen atoms in total. The summed E-state index contributed by atoms with van der Waals surface area (Å²) in [4.78, 5) is 3.75. The van der Waals surface area contributed by atoms with Gasteiger partial charge >= 0.3 is 0 Å². The van der Waals surface area contributed by atoms with E-state index in [2.05, 4.69) is 15.0 Å². The molecule has 0 atom stereocenters. The van der Waals surface area contributed by atoms with Crippen molar-refractivity contribution >= 4 is 32.6 Å². The zero-order valence-corrected chi connectivity index (χ0v) is 11.8. The van der Waals surface area contributed by atoms with E-state index >= 15 is 0 Å². The van der Waals surface area contributed by atoms with E-state index in [1.165, 1.54) is 7.05 Å². The number of halogens is 1. The van der Waals surface area contributed by atoms with Crippen molar-refractivity contribution < 1.29 is 12.8 Å². The lowest BCUT2D eigenvalue weighted by atomic mass is 10.3. The minimum absolute atomic E-state index is 0.104. The Kier molecular flexibility index (Phi) is 5.29. The molecule has 0 bridgehead atoms. The number of thioether (sulfide) groups is 1. The molecule has 0 heterocycles. The maximum Gasteiger partial charge on any atom is 0.240 e. The summed E-state index contributed by atoms with van der Waals surface area (Å²) in [6.45, 7) is 0. The number of benzene rings is 1. The second kappa shape index (κ2) is 6.51. The maximum atomic E-state index is 13.6. The first-order valence-corrected chi connectivity index (χ1v) is 7.66. The molecule has 0 radical (unpaired) electrons. The lowest BCUT2D eigenvalue weighted by Crippen LogP contribution is -2.18. The van der Waals surface area contributed by atoms with Crippen molar-refractivity contribution in [2.24, 2.45) is 4.99 Å². The van der Waals surface area contributed by atoms with Crippen LogP contribution >= 0.6 is 11.8 Å². The summed E-state index contributed by atoms with van der Waals surface area (Å²) in [7, 11) is -2.41. The van der Waals surface area contributed by atoms with Crippen LogP contribution in [0.2, 0.25) is 0 Å². The smallest absolute Gasteiger partial charge is 0.240 e. The SMILES string of the molecule is CNS(=O)(=O)c1ccc(F)c(N=C(NC#N)SC)c1. The summed E-state index contributed by atoms with van der Waals surface area (Å²) in [5.41, 5.74) is -0.163. The molecule has 0 unspecified atom stereocenters. The van der Waals surface area contributed by atoms with Gasteiger partial charge in [0.1, 0.15) is 11.5 Å². The van der Waals surface area contributed by atoms with Gasteiger partial charge in [0.2, 0.25) is 10.0 Å². The molecule has 0 spiro atoms. The van der Waals surface area contributed by atoms with Crippen LogP contribution in [0.25, 0.3) is 0 Å². The average molecular weight is 302 g/mol. The molecule has 1 aromatic rings. The molecule has 0 amide bonds. The highest BCUT2D eigenvalue weighted by Crippen LogP contribution is 2.23. The average Bonchev–Trinajstić information content (AvgIpc) is 2.40. The van der Waals surface area contributed by atoms with Gasteiger partial charge in [0, 0.05) is 0 Å². The molecular formula is C10H11FN4O2S2. The van der Waals surface area contributed by atoms with Crippen LogP contribution in [0.5, 0.6) is 0 Å². The van der Waals surface area contributed by atoms with Gasteiger partial charge in [0.05, 0.1) is 4.90 Å². The summed E-state index contributed by atoms with van der Waals surface area (Å²) in [5.74, 6) is -0.679. The number of nitrogens with one attached hydrogen (secondary N) is 2. The van der Waals surface area contributed by atoms with Crippen molar-refractivity contribution in [3.05, 3.63) is 24.0 Å². The molecule has 1 aromatic carbocycles. The van der Waals surface area contributed by atoms with E-state index < -0.39 is 15.8 Å². The molecule has 0 fully saturated rings. The highest BCUT2D eigenvalue weighted by molar-refractivity contribution is 8.13. The summed E-state index contributed by atoms with van der Waals surface area (Å²) >= 11 is 1.10. The zero-order valence-electron chi connectivity index (χ0n) is 10.1. The molecule has 0 saturated heterocycles. The highest BCUT2D eigenvalue weighted by atomic mass is 32.2. The predicted octanol–water partition coefficient (Wildman–Crippen LogP) is 1.15. The van der Waals surface area contributed by atoms with Crippen LogP contribution in [0.1, 0.15) is 0 Å². The highest BCUT2D eigenvalue weighted by Gasteiger charge is 2.14. The Hall–Kier alpha value is -1.63. The predicted molar refractivity (Wildman–Crippen MR) is 72.0 cm³/mol. The van der Waals surface area contributed by atoms with Crippen molar-refractivity contribution in [1.29, 1.82) is 5.26 Å². The summed E-state index contributed by atoms with van der Waals surface area (Å²) in [6, 6.07) is 3.24. The first-order chi connectivity index (χ1) is 8.94. The van der Waals surface area contributed by atoms with Crippen LogP contribution in [0.3, 0.4) is 0 Å². The van der Waals surface area contributed by atoms with E-state index in [0.717, 1.165) is 30.0 Å². The fourth-order valence-electron chi connectivity index (χ4n) is 1.15. The van der Waals surface area contributed by atoms with E-state index in [9.17, 15) is 12.8 Å². The largest absolute Gasteiger partial charge is 0.271 e. The minimum Gasteiger partial charge on any atom is -0.271 e. The molecule has 2 N–H and O–H groups in total. The number of aliphatic imine (C=N–C) groups is 1. The minimum atomic E-state index is -3.67. The number of hydrogen-bond acceptors (Lipinski definition) is 5. The lowest BCUT2D eigenvalue weighted by Gasteiger charge is -2.05. The van der Waals surface area contributed by atoms with Crippen molar-refractivity contribution in [3.8, 4) is 6.19 Å². The molecule has 0 aromatic heterocycles. The quantitative estimate of drug-likeness (QED) is 0.378. The third-order valence-electron chi connectivity index (χ3n) is 2.07. The van der Waals surface area contributed by atoms with Gasteiger partial charge in [0.25, 0.3) is 0 Å². The van der Waals surface area contributed by atoms with Crippen LogP contribution in [0, 0.1) is 17.3 Å². The number of sulfonamides is 1. The number of nitriles is 1. The first-order valence-electron chi connectivity index (χ1n) is 4.95. The van der Waals surface area contributed by atoms with Crippen LogP contribution < -0.4 is 10.0 Å². The Morgan fingerprint density at radius 2 is 2.21 bits per heavy atom.